The summed E-state index contributed by atoms with van der Waals surface area (Å²) in [6.45, 7) is 3.88. The summed E-state index contributed by atoms with van der Waals surface area (Å²) in [6.07, 6.45) is 4.39. The summed E-state index contributed by atoms with van der Waals surface area (Å²) < 4.78 is 0.934. The molecule has 0 spiro atoms. The van der Waals surface area contributed by atoms with Crippen molar-refractivity contribution in [2.45, 2.75) is 45.2 Å². The fraction of sp³-hybridized carbons (Fsp3) is 0.391. The van der Waals surface area contributed by atoms with Crippen LogP contribution < -0.4 is 5.32 Å². The van der Waals surface area contributed by atoms with E-state index >= 15 is 0 Å². The number of nitrogens with zero attached hydrogens (tertiary/aromatic N) is 1. The molecule has 1 N–H and O–H groups in total. The molecule has 0 atom stereocenters. The number of likely N-dealkylation sites (tertiary alicyclic amines) is 1. The Morgan fingerprint density at radius 3 is 2.18 bits per heavy atom. The van der Waals surface area contributed by atoms with Crippen molar-refractivity contribution in [1.82, 2.24) is 10.2 Å². The van der Waals surface area contributed by atoms with Crippen LogP contribution in [0.15, 0.2) is 53.0 Å². The van der Waals surface area contributed by atoms with E-state index in [4.69, 9.17) is 0 Å². The van der Waals surface area contributed by atoms with Gasteiger partial charge in [0.1, 0.15) is 0 Å². The smallest absolute Gasteiger partial charge is 0.220 e. The molecule has 3 rings (SSSR count). The molecule has 5 heteroatoms. The summed E-state index contributed by atoms with van der Waals surface area (Å²) in [6, 6.07) is 15.7. The molecule has 1 fully saturated rings. The molecule has 0 bridgehead atoms. The second-order valence-corrected chi connectivity index (χ2v) is 8.28. The normalized spacial score (nSPS) is 14.6. The number of carbonyl (C=O) groups excluding carboxylic acids is 2. The highest BCUT2D eigenvalue weighted by Crippen LogP contribution is 2.14. The van der Waals surface area contributed by atoms with Gasteiger partial charge in [-0.25, -0.2) is 0 Å². The largest absolute Gasteiger partial charge is 0.352 e. The fourth-order valence-corrected chi connectivity index (χ4v) is 3.70. The van der Waals surface area contributed by atoms with E-state index < -0.39 is 0 Å². The van der Waals surface area contributed by atoms with Gasteiger partial charge in [0.2, 0.25) is 5.91 Å². The highest BCUT2D eigenvalue weighted by molar-refractivity contribution is 9.10. The Balaban J connectivity index is 1.39. The van der Waals surface area contributed by atoms with Crippen molar-refractivity contribution in [1.29, 1.82) is 0 Å². The monoisotopic (exact) mass is 442 g/mol. The lowest BCUT2D eigenvalue weighted by Crippen LogP contribution is -2.29. The van der Waals surface area contributed by atoms with Gasteiger partial charge in [0.05, 0.1) is 0 Å². The predicted octanol–water partition coefficient (Wildman–Crippen LogP) is 4.71. The van der Waals surface area contributed by atoms with Crippen LogP contribution >= 0.6 is 15.9 Å². The number of nitrogens with one attached hydrogen (secondary N) is 1. The minimum absolute atomic E-state index is 0.00952. The molecule has 2 aromatic rings. The maximum atomic E-state index is 12.1. The van der Waals surface area contributed by atoms with Crippen molar-refractivity contribution in [3.63, 3.8) is 0 Å². The number of halogens is 1. The van der Waals surface area contributed by atoms with Gasteiger partial charge in [0.25, 0.3) is 0 Å². The number of rotatable bonds is 8. The van der Waals surface area contributed by atoms with Crippen LogP contribution in [-0.2, 0) is 17.9 Å². The highest BCUT2D eigenvalue weighted by atomic mass is 79.9. The Kier molecular flexibility index (Phi) is 7.80. The Morgan fingerprint density at radius 2 is 1.50 bits per heavy atom. The maximum Gasteiger partial charge on any atom is 0.220 e. The van der Waals surface area contributed by atoms with Crippen molar-refractivity contribution in [2.24, 2.45) is 0 Å². The van der Waals surface area contributed by atoms with Gasteiger partial charge in [-0.15, -0.1) is 0 Å². The van der Waals surface area contributed by atoms with Gasteiger partial charge in [-0.3, -0.25) is 14.5 Å². The first-order valence-electron chi connectivity index (χ1n) is 9.96. The van der Waals surface area contributed by atoms with Crippen LogP contribution in [0, 0.1) is 0 Å². The molecule has 28 heavy (non-hydrogen) atoms. The average molecular weight is 443 g/mol. The number of amides is 1. The highest BCUT2D eigenvalue weighted by Gasteiger charge is 2.11. The quantitative estimate of drug-likeness (QED) is 0.601. The zero-order valence-electron chi connectivity index (χ0n) is 16.1. The van der Waals surface area contributed by atoms with Crippen LogP contribution in [0.5, 0.6) is 0 Å². The number of carbonyl (C=O) groups is 2. The van der Waals surface area contributed by atoms with Crippen molar-refractivity contribution >= 4 is 27.6 Å². The SMILES string of the molecule is O=C(CCC(=O)c1ccc(Br)cc1)NCc1ccc(CN2CCCCC2)cc1. The van der Waals surface area contributed by atoms with E-state index in [0.717, 1.165) is 16.6 Å². The summed E-state index contributed by atoms with van der Waals surface area (Å²) in [7, 11) is 0. The Morgan fingerprint density at radius 1 is 0.857 bits per heavy atom. The molecule has 1 saturated heterocycles. The summed E-state index contributed by atoms with van der Waals surface area (Å²) in [4.78, 5) is 26.7. The molecule has 0 aliphatic carbocycles. The van der Waals surface area contributed by atoms with Crippen LogP contribution in [0.25, 0.3) is 0 Å². The summed E-state index contributed by atoms with van der Waals surface area (Å²) in [5.41, 5.74) is 3.03. The number of hydrogen-bond acceptors (Lipinski definition) is 3. The van der Waals surface area contributed by atoms with E-state index in [1.54, 1.807) is 12.1 Å². The second-order valence-electron chi connectivity index (χ2n) is 7.36. The molecule has 0 saturated carbocycles. The number of Topliss-reactive ketones (excluding diaryl/α,β-unsaturated/α-hetero) is 1. The Bertz CT molecular complexity index is 781. The first-order valence-corrected chi connectivity index (χ1v) is 10.7. The van der Waals surface area contributed by atoms with Crippen LogP contribution in [0.3, 0.4) is 0 Å². The summed E-state index contributed by atoms with van der Waals surface area (Å²) in [5.74, 6) is -0.104. The van der Waals surface area contributed by atoms with Crippen LogP contribution in [-0.4, -0.2) is 29.7 Å². The first-order chi connectivity index (χ1) is 13.6. The minimum Gasteiger partial charge on any atom is -0.352 e. The van der Waals surface area contributed by atoms with Gasteiger partial charge >= 0.3 is 0 Å². The van der Waals surface area contributed by atoms with Gasteiger partial charge in [-0.2, -0.15) is 0 Å². The summed E-state index contributed by atoms with van der Waals surface area (Å²) >= 11 is 3.35. The van der Waals surface area contributed by atoms with E-state index in [1.165, 1.54) is 37.9 Å². The third-order valence-corrected chi connectivity index (χ3v) is 5.64. The molecular weight excluding hydrogens is 416 g/mol. The lowest BCUT2D eigenvalue weighted by atomic mass is 10.1. The average Bonchev–Trinajstić information content (AvgIpc) is 2.73. The second kappa shape index (κ2) is 10.5. The topological polar surface area (TPSA) is 49.4 Å². The molecule has 0 aromatic heterocycles. The lowest BCUT2D eigenvalue weighted by Gasteiger charge is -2.26. The van der Waals surface area contributed by atoms with E-state index in [9.17, 15) is 9.59 Å². The minimum atomic E-state index is -0.0946. The molecule has 0 radical (unpaired) electrons. The lowest BCUT2D eigenvalue weighted by molar-refractivity contribution is -0.121. The molecule has 4 nitrogen and oxygen atoms in total. The zero-order chi connectivity index (χ0) is 19.8. The molecular formula is C23H27BrN2O2. The maximum absolute atomic E-state index is 12.1. The molecule has 1 amide bonds. The number of piperidine rings is 1. The molecule has 1 aliphatic rings. The molecule has 148 valence electrons. The third kappa shape index (κ3) is 6.57. The van der Waals surface area contributed by atoms with Crippen molar-refractivity contribution in [3.8, 4) is 0 Å². The fourth-order valence-electron chi connectivity index (χ4n) is 3.43. The van der Waals surface area contributed by atoms with E-state index in [2.05, 4.69) is 50.4 Å². The van der Waals surface area contributed by atoms with Gasteiger partial charge in [-0.05, 0) is 49.2 Å². The van der Waals surface area contributed by atoms with Gasteiger partial charge in [0.15, 0.2) is 5.78 Å². The Labute approximate surface area is 175 Å². The number of benzene rings is 2. The molecule has 0 unspecified atom stereocenters. The molecule has 1 heterocycles. The zero-order valence-corrected chi connectivity index (χ0v) is 17.7. The number of ketones is 1. The van der Waals surface area contributed by atoms with Crippen LogP contribution in [0.4, 0.5) is 0 Å². The van der Waals surface area contributed by atoms with Crippen molar-refractivity contribution in [3.05, 3.63) is 69.7 Å². The van der Waals surface area contributed by atoms with Crippen LogP contribution in [0.2, 0.25) is 0 Å². The van der Waals surface area contributed by atoms with Gasteiger partial charge < -0.3 is 5.32 Å². The van der Waals surface area contributed by atoms with Gasteiger partial charge in [-0.1, -0.05) is 58.7 Å². The third-order valence-electron chi connectivity index (χ3n) is 5.11. The van der Waals surface area contributed by atoms with E-state index in [1.807, 2.05) is 12.1 Å². The van der Waals surface area contributed by atoms with Crippen molar-refractivity contribution < 1.29 is 9.59 Å². The van der Waals surface area contributed by atoms with Crippen LogP contribution in [0.1, 0.15) is 53.6 Å². The van der Waals surface area contributed by atoms with Gasteiger partial charge in [0, 0.05) is 36.0 Å². The van der Waals surface area contributed by atoms with E-state index in [-0.39, 0.29) is 24.5 Å². The standard InChI is InChI=1S/C23H27BrN2O2/c24-21-10-8-20(9-11-21)22(27)12-13-23(28)25-16-18-4-6-19(7-5-18)17-26-14-2-1-3-15-26/h4-11H,1-3,12-17H2,(H,25,28). The Hall–Kier alpha value is -1.98. The molecule has 1 aliphatic heterocycles. The first kappa shape index (κ1) is 20.7. The summed E-state index contributed by atoms with van der Waals surface area (Å²) in [5, 5.41) is 2.91. The molecule has 2 aromatic carbocycles. The van der Waals surface area contributed by atoms with E-state index in [0.29, 0.717) is 12.1 Å². The number of hydrogen-bond donors (Lipinski definition) is 1. The predicted molar refractivity (Wildman–Crippen MR) is 115 cm³/mol. The van der Waals surface area contributed by atoms with Crippen molar-refractivity contribution in [2.75, 3.05) is 13.1 Å².